The predicted molar refractivity (Wildman–Crippen MR) is 44.7 cm³/mol. The number of hydrogen-bond donors (Lipinski definition) is 0. The molecular formula is C8H15F2NO2. The van der Waals surface area contributed by atoms with Gasteiger partial charge in [0, 0.05) is 13.7 Å². The van der Waals surface area contributed by atoms with E-state index >= 15 is 0 Å². The van der Waals surface area contributed by atoms with Crippen LogP contribution in [0.15, 0.2) is 0 Å². The molecule has 0 fully saturated rings. The molecule has 0 aromatic heterocycles. The highest BCUT2D eigenvalue weighted by atomic mass is 19.3. The number of halogens is 2. The molecule has 0 saturated heterocycles. The van der Waals surface area contributed by atoms with Gasteiger partial charge in [-0.3, -0.25) is 4.79 Å². The van der Waals surface area contributed by atoms with Gasteiger partial charge in [0.15, 0.2) is 0 Å². The number of methoxy groups -OCH3 is 1. The van der Waals surface area contributed by atoms with Gasteiger partial charge >= 0.3 is 6.43 Å². The van der Waals surface area contributed by atoms with Crippen molar-refractivity contribution in [3.63, 3.8) is 0 Å². The number of alkyl halides is 2. The van der Waals surface area contributed by atoms with Crippen molar-refractivity contribution in [2.45, 2.75) is 26.3 Å². The fourth-order valence-corrected chi connectivity index (χ4v) is 1.14. The van der Waals surface area contributed by atoms with Crippen molar-refractivity contribution in [1.29, 1.82) is 0 Å². The molecule has 3 nitrogen and oxygen atoms in total. The molecule has 0 aromatic rings. The Morgan fingerprint density at radius 3 is 2.38 bits per heavy atom. The summed E-state index contributed by atoms with van der Waals surface area (Å²) in [6, 6.07) is -0.309. The summed E-state index contributed by atoms with van der Waals surface area (Å²) in [6.45, 7) is 3.87. The van der Waals surface area contributed by atoms with E-state index in [1.807, 2.05) is 0 Å². The molecular weight excluding hydrogens is 180 g/mol. The van der Waals surface area contributed by atoms with Crippen LogP contribution in [0.1, 0.15) is 13.8 Å². The van der Waals surface area contributed by atoms with Gasteiger partial charge in [-0.05, 0) is 13.8 Å². The standard InChI is InChI=1S/C8H15F2NO2/c1-4-11(6(2)5-13-3)8(12)7(9)10/h6-7H,4-5H2,1-3H3. The van der Waals surface area contributed by atoms with Crippen LogP contribution in [-0.4, -0.2) is 43.5 Å². The predicted octanol–water partition coefficient (Wildman–Crippen LogP) is 1.13. The van der Waals surface area contributed by atoms with Gasteiger partial charge < -0.3 is 9.64 Å². The van der Waals surface area contributed by atoms with Crippen molar-refractivity contribution >= 4 is 5.91 Å². The highest BCUT2D eigenvalue weighted by molar-refractivity contribution is 5.79. The molecule has 1 atom stereocenters. The van der Waals surface area contributed by atoms with Crippen LogP contribution in [0, 0.1) is 0 Å². The Labute approximate surface area is 76.7 Å². The highest BCUT2D eigenvalue weighted by Gasteiger charge is 2.25. The van der Waals surface area contributed by atoms with Crippen molar-refractivity contribution in [2.24, 2.45) is 0 Å². The number of amides is 1. The lowest BCUT2D eigenvalue weighted by atomic mass is 10.3. The Hall–Kier alpha value is -0.710. The molecule has 0 rings (SSSR count). The van der Waals surface area contributed by atoms with E-state index in [9.17, 15) is 13.6 Å². The van der Waals surface area contributed by atoms with Crippen LogP contribution in [0.2, 0.25) is 0 Å². The van der Waals surface area contributed by atoms with Gasteiger partial charge in [0.2, 0.25) is 0 Å². The van der Waals surface area contributed by atoms with E-state index < -0.39 is 12.3 Å². The number of carbonyl (C=O) groups is 1. The van der Waals surface area contributed by atoms with Gasteiger partial charge in [0.05, 0.1) is 12.6 Å². The van der Waals surface area contributed by atoms with Crippen LogP contribution < -0.4 is 0 Å². The summed E-state index contributed by atoms with van der Waals surface area (Å²) < 4.78 is 28.8. The molecule has 1 amide bonds. The molecule has 0 aliphatic carbocycles. The molecule has 0 heterocycles. The van der Waals surface area contributed by atoms with E-state index in [1.165, 1.54) is 7.11 Å². The first kappa shape index (κ1) is 12.3. The van der Waals surface area contributed by atoms with Crippen molar-refractivity contribution in [3.05, 3.63) is 0 Å². The quantitative estimate of drug-likeness (QED) is 0.658. The Morgan fingerprint density at radius 2 is 2.08 bits per heavy atom. The first-order valence-corrected chi connectivity index (χ1v) is 4.12. The fraction of sp³-hybridized carbons (Fsp3) is 0.875. The highest BCUT2D eigenvalue weighted by Crippen LogP contribution is 2.05. The third-order valence-corrected chi connectivity index (χ3v) is 1.75. The van der Waals surface area contributed by atoms with Crippen molar-refractivity contribution in [3.8, 4) is 0 Å². The Morgan fingerprint density at radius 1 is 1.54 bits per heavy atom. The average molecular weight is 195 g/mol. The first-order valence-electron chi connectivity index (χ1n) is 4.12. The maximum Gasteiger partial charge on any atom is 0.315 e. The van der Waals surface area contributed by atoms with Crippen LogP contribution in [0.3, 0.4) is 0 Å². The Balaban J connectivity index is 4.23. The van der Waals surface area contributed by atoms with Crippen LogP contribution in [-0.2, 0) is 9.53 Å². The molecule has 0 aliphatic rings. The van der Waals surface area contributed by atoms with Gasteiger partial charge in [0.25, 0.3) is 5.91 Å². The molecule has 0 aliphatic heterocycles. The van der Waals surface area contributed by atoms with E-state index in [0.717, 1.165) is 4.90 Å². The maximum absolute atomic E-state index is 12.0. The minimum Gasteiger partial charge on any atom is -0.383 e. The number of carbonyl (C=O) groups excluding carboxylic acids is 1. The van der Waals surface area contributed by atoms with E-state index in [4.69, 9.17) is 4.74 Å². The molecule has 0 aromatic carbocycles. The largest absolute Gasteiger partial charge is 0.383 e. The lowest BCUT2D eigenvalue weighted by molar-refractivity contribution is -0.145. The number of ether oxygens (including phenoxy) is 1. The summed E-state index contributed by atoms with van der Waals surface area (Å²) in [4.78, 5) is 12.0. The fourth-order valence-electron chi connectivity index (χ4n) is 1.14. The van der Waals surface area contributed by atoms with Gasteiger partial charge in [-0.1, -0.05) is 0 Å². The van der Waals surface area contributed by atoms with Gasteiger partial charge in [0.1, 0.15) is 0 Å². The molecule has 13 heavy (non-hydrogen) atoms. The third-order valence-electron chi connectivity index (χ3n) is 1.75. The second-order valence-corrected chi connectivity index (χ2v) is 2.73. The van der Waals surface area contributed by atoms with Gasteiger partial charge in [-0.15, -0.1) is 0 Å². The SMILES string of the molecule is CCN(C(=O)C(F)F)C(C)COC. The molecule has 0 saturated carbocycles. The molecule has 1 unspecified atom stereocenters. The smallest absolute Gasteiger partial charge is 0.315 e. The summed E-state index contributed by atoms with van der Waals surface area (Å²) in [5, 5.41) is 0. The minimum absolute atomic E-state index is 0.270. The average Bonchev–Trinajstić information content (AvgIpc) is 2.05. The molecule has 0 N–H and O–H groups in total. The third kappa shape index (κ3) is 3.67. The number of rotatable bonds is 5. The van der Waals surface area contributed by atoms with Gasteiger partial charge in [-0.25, -0.2) is 0 Å². The zero-order chi connectivity index (χ0) is 10.4. The van der Waals surface area contributed by atoms with E-state index in [0.29, 0.717) is 0 Å². The van der Waals surface area contributed by atoms with Crippen LogP contribution >= 0.6 is 0 Å². The molecule has 0 spiro atoms. The number of hydrogen-bond acceptors (Lipinski definition) is 2. The van der Waals surface area contributed by atoms with Gasteiger partial charge in [-0.2, -0.15) is 8.78 Å². The van der Waals surface area contributed by atoms with Crippen molar-refractivity contribution in [2.75, 3.05) is 20.3 Å². The zero-order valence-electron chi connectivity index (χ0n) is 8.09. The van der Waals surface area contributed by atoms with E-state index in [-0.39, 0.29) is 19.2 Å². The second kappa shape index (κ2) is 5.85. The second-order valence-electron chi connectivity index (χ2n) is 2.73. The van der Waals surface area contributed by atoms with E-state index in [1.54, 1.807) is 13.8 Å². The normalized spacial score (nSPS) is 13.1. The molecule has 0 bridgehead atoms. The summed E-state index contributed by atoms with van der Waals surface area (Å²) in [6.07, 6.45) is -2.93. The zero-order valence-corrected chi connectivity index (χ0v) is 8.09. The summed E-state index contributed by atoms with van der Waals surface area (Å²) >= 11 is 0. The minimum atomic E-state index is -2.93. The lowest BCUT2D eigenvalue weighted by Gasteiger charge is -2.26. The first-order chi connectivity index (χ1) is 6.04. The summed E-state index contributed by atoms with van der Waals surface area (Å²) in [7, 11) is 1.47. The van der Waals surface area contributed by atoms with E-state index in [2.05, 4.69) is 0 Å². The molecule has 78 valence electrons. The molecule has 5 heteroatoms. The van der Waals surface area contributed by atoms with Crippen molar-refractivity contribution in [1.82, 2.24) is 4.90 Å². The lowest BCUT2D eigenvalue weighted by Crippen LogP contribution is -2.43. The monoisotopic (exact) mass is 195 g/mol. The van der Waals surface area contributed by atoms with Crippen LogP contribution in [0.4, 0.5) is 8.78 Å². The van der Waals surface area contributed by atoms with Crippen LogP contribution in [0.25, 0.3) is 0 Å². The van der Waals surface area contributed by atoms with Crippen LogP contribution in [0.5, 0.6) is 0 Å². The summed E-state index contributed by atoms with van der Waals surface area (Å²) in [5.74, 6) is -1.13. The maximum atomic E-state index is 12.0. The summed E-state index contributed by atoms with van der Waals surface area (Å²) in [5.41, 5.74) is 0. The Bertz CT molecular complexity index is 164. The Kier molecular flexibility index (Phi) is 5.53. The van der Waals surface area contributed by atoms with Crippen molar-refractivity contribution < 1.29 is 18.3 Å². The topological polar surface area (TPSA) is 29.5 Å². The number of nitrogens with zero attached hydrogens (tertiary/aromatic N) is 1. The number of likely N-dealkylation sites (N-methyl/N-ethyl adjacent to an activating group) is 1. The molecule has 0 radical (unpaired) electrons.